The van der Waals surface area contributed by atoms with Crippen LogP contribution in [0.15, 0.2) is 42.5 Å². The minimum atomic E-state index is -3.63. The smallest absolute Gasteiger partial charge is 0.241 e. The van der Waals surface area contributed by atoms with Crippen molar-refractivity contribution in [1.82, 2.24) is 5.32 Å². The maximum Gasteiger partial charge on any atom is 0.241 e. The highest BCUT2D eigenvalue weighted by atomic mass is 35.5. The first-order valence-corrected chi connectivity index (χ1v) is 10.4. The number of hydrogen-bond acceptors (Lipinski definition) is 3. The summed E-state index contributed by atoms with van der Waals surface area (Å²) in [6.07, 6.45) is 1.06. The molecule has 0 bridgehead atoms. The summed E-state index contributed by atoms with van der Waals surface area (Å²) in [6, 6.07) is 12.2. The molecule has 2 aromatic carbocycles. The van der Waals surface area contributed by atoms with E-state index in [1.807, 2.05) is 39.0 Å². The molecular weight excluding hydrogens is 372 g/mol. The molecule has 2 rings (SSSR count). The molecule has 140 valence electrons. The van der Waals surface area contributed by atoms with Gasteiger partial charge in [-0.2, -0.15) is 0 Å². The average Bonchev–Trinajstić information content (AvgIpc) is 2.54. The van der Waals surface area contributed by atoms with Crippen LogP contribution in [-0.2, 0) is 14.8 Å². The molecule has 0 aliphatic rings. The number of carbonyl (C=O) groups excluding carboxylic acids is 1. The van der Waals surface area contributed by atoms with E-state index in [1.165, 1.54) is 11.6 Å². The van der Waals surface area contributed by atoms with Gasteiger partial charge in [-0.25, -0.2) is 8.42 Å². The van der Waals surface area contributed by atoms with Crippen LogP contribution in [0.1, 0.15) is 29.7 Å². The number of hydrogen-bond donors (Lipinski definition) is 1. The molecule has 1 atom stereocenters. The maximum absolute atomic E-state index is 12.4. The Bertz CT molecular complexity index is 913. The largest absolute Gasteiger partial charge is 0.348 e. The zero-order chi connectivity index (χ0) is 19.5. The van der Waals surface area contributed by atoms with Crippen molar-refractivity contribution in [2.24, 2.45) is 0 Å². The number of nitrogens with zero attached hydrogens (tertiary/aromatic N) is 1. The third-order valence-corrected chi connectivity index (χ3v) is 5.57. The van der Waals surface area contributed by atoms with Crippen molar-refractivity contribution in [3.63, 3.8) is 0 Å². The molecule has 0 aliphatic carbocycles. The second-order valence-electron chi connectivity index (χ2n) is 6.38. The van der Waals surface area contributed by atoms with Gasteiger partial charge in [0.15, 0.2) is 0 Å². The molecule has 0 radical (unpaired) electrons. The Hall–Kier alpha value is -2.05. The number of benzene rings is 2. The lowest BCUT2D eigenvalue weighted by molar-refractivity contribution is -0.120. The van der Waals surface area contributed by atoms with E-state index in [1.54, 1.807) is 18.2 Å². The van der Waals surface area contributed by atoms with Crippen molar-refractivity contribution in [2.45, 2.75) is 26.8 Å². The van der Waals surface area contributed by atoms with Gasteiger partial charge in [-0.15, -0.1) is 0 Å². The van der Waals surface area contributed by atoms with Crippen LogP contribution >= 0.6 is 11.6 Å². The highest BCUT2D eigenvalue weighted by Crippen LogP contribution is 2.22. The Morgan fingerprint density at radius 2 is 1.85 bits per heavy atom. The number of carbonyl (C=O) groups is 1. The molecule has 0 aliphatic heterocycles. The fraction of sp³-hybridized carbons (Fsp3) is 0.316. The Morgan fingerprint density at radius 3 is 2.42 bits per heavy atom. The van der Waals surface area contributed by atoms with E-state index in [2.05, 4.69) is 5.32 Å². The topological polar surface area (TPSA) is 66.5 Å². The molecule has 0 unspecified atom stereocenters. The third kappa shape index (κ3) is 5.22. The van der Waals surface area contributed by atoms with Crippen molar-refractivity contribution in [2.75, 3.05) is 17.1 Å². The number of anilines is 1. The standard InChI is InChI=1S/C19H23ClN2O3S/c1-13-8-9-16(10-14(13)2)15(3)21-19(23)12-22(26(4,24)25)18-7-5-6-17(20)11-18/h5-11,15H,12H2,1-4H3,(H,21,23)/t15-/m1/s1. The maximum atomic E-state index is 12.4. The molecule has 7 heteroatoms. The Kier molecular flexibility index (Phi) is 6.31. The highest BCUT2D eigenvalue weighted by molar-refractivity contribution is 7.92. The van der Waals surface area contributed by atoms with Gasteiger partial charge in [-0.1, -0.05) is 35.9 Å². The molecular formula is C19H23ClN2O3S. The number of sulfonamides is 1. The zero-order valence-electron chi connectivity index (χ0n) is 15.3. The van der Waals surface area contributed by atoms with Crippen LogP contribution in [0.2, 0.25) is 5.02 Å². The number of amides is 1. The van der Waals surface area contributed by atoms with Crippen LogP contribution in [0, 0.1) is 13.8 Å². The fourth-order valence-corrected chi connectivity index (χ4v) is 3.60. The molecule has 0 fully saturated rings. The molecule has 0 saturated heterocycles. The van der Waals surface area contributed by atoms with Crippen molar-refractivity contribution >= 4 is 33.2 Å². The van der Waals surface area contributed by atoms with E-state index in [9.17, 15) is 13.2 Å². The number of rotatable bonds is 6. The molecule has 1 amide bonds. The lowest BCUT2D eigenvalue weighted by Crippen LogP contribution is -2.41. The quantitative estimate of drug-likeness (QED) is 0.813. The van der Waals surface area contributed by atoms with Crippen LogP contribution in [0.3, 0.4) is 0 Å². The van der Waals surface area contributed by atoms with E-state index in [0.29, 0.717) is 10.7 Å². The lowest BCUT2D eigenvalue weighted by Gasteiger charge is -2.23. The minimum Gasteiger partial charge on any atom is -0.348 e. The summed E-state index contributed by atoms with van der Waals surface area (Å²) in [7, 11) is -3.63. The molecule has 0 aromatic heterocycles. The Morgan fingerprint density at radius 1 is 1.15 bits per heavy atom. The van der Waals surface area contributed by atoms with Crippen molar-refractivity contribution in [3.8, 4) is 0 Å². The van der Waals surface area contributed by atoms with Gasteiger partial charge in [0.05, 0.1) is 18.0 Å². The predicted molar refractivity (Wildman–Crippen MR) is 106 cm³/mol. The summed E-state index contributed by atoms with van der Waals surface area (Å²) in [5.74, 6) is -0.388. The SMILES string of the molecule is Cc1ccc([C@@H](C)NC(=O)CN(c2cccc(Cl)c2)S(C)(=O)=O)cc1C. The molecule has 2 aromatic rings. The van der Waals surface area contributed by atoms with Gasteiger partial charge in [-0.3, -0.25) is 9.10 Å². The summed E-state index contributed by atoms with van der Waals surface area (Å²) >= 11 is 5.95. The molecule has 5 nitrogen and oxygen atoms in total. The van der Waals surface area contributed by atoms with Crippen molar-refractivity contribution in [3.05, 3.63) is 64.2 Å². The predicted octanol–water partition coefficient (Wildman–Crippen LogP) is 3.60. The van der Waals surface area contributed by atoms with Gasteiger partial charge in [-0.05, 0) is 55.7 Å². The number of halogens is 1. The zero-order valence-corrected chi connectivity index (χ0v) is 16.9. The summed E-state index contributed by atoms with van der Waals surface area (Å²) in [4.78, 5) is 12.4. The van der Waals surface area contributed by atoms with Gasteiger partial charge in [0, 0.05) is 5.02 Å². The first-order chi connectivity index (χ1) is 12.1. The van der Waals surface area contributed by atoms with E-state index >= 15 is 0 Å². The second kappa shape index (κ2) is 8.10. The second-order valence-corrected chi connectivity index (χ2v) is 8.73. The monoisotopic (exact) mass is 394 g/mol. The summed E-state index contributed by atoms with van der Waals surface area (Å²) < 4.78 is 25.3. The Labute approximate surface area is 160 Å². The van der Waals surface area contributed by atoms with E-state index in [4.69, 9.17) is 11.6 Å². The van der Waals surface area contributed by atoms with Gasteiger partial charge in [0.1, 0.15) is 6.54 Å². The average molecular weight is 395 g/mol. The molecule has 0 spiro atoms. The van der Waals surface area contributed by atoms with E-state index in [0.717, 1.165) is 21.7 Å². The fourth-order valence-electron chi connectivity index (χ4n) is 2.57. The van der Waals surface area contributed by atoms with Gasteiger partial charge in [0.25, 0.3) is 0 Å². The molecule has 26 heavy (non-hydrogen) atoms. The molecule has 0 heterocycles. The van der Waals surface area contributed by atoms with Crippen LogP contribution < -0.4 is 9.62 Å². The summed E-state index contributed by atoms with van der Waals surface area (Å²) in [5.41, 5.74) is 3.64. The normalized spacial score (nSPS) is 12.5. The third-order valence-electron chi connectivity index (χ3n) is 4.19. The summed E-state index contributed by atoms with van der Waals surface area (Å²) in [6.45, 7) is 5.59. The van der Waals surface area contributed by atoms with Crippen LogP contribution in [0.4, 0.5) is 5.69 Å². The van der Waals surface area contributed by atoms with Gasteiger partial charge < -0.3 is 5.32 Å². The molecule has 1 N–H and O–H groups in total. The van der Waals surface area contributed by atoms with E-state index < -0.39 is 10.0 Å². The Balaban J connectivity index is 2.15. The van der Waals surface area contributed by atoms with Crippen molar-refractivity contribution in [1.29, 1.82) is 0 Å². The first-order valence-electron chi connectivity index (χ1n) is 8.17. The van der Waals surface area contributed by atoms with Crippen LogP contribution in [-0.4, -0.2) is 27.1 Å². The lowest BCUT2D eigenvalue weighted by atomic mass is 10.0. The van der Waals surface area contributed by atoms with Crippen LogP contribution in [0.25, 0.3) is 0 Å². The number of nitrogens with one attached hydrogen (secondary N) is 1. The minimum absolute atomic E-state index is 0.234. The van der Waals surface area contributed by atoms with Crippen molar-refractivity contribution < 1.29 is 13.2 Å². The van der Waals surface area contributed by atoms with Gasteiger partial charge >= 0.3 is 0 Å². The van der Waals surface area contributed by atoms with Gasteiger partial charge in [0.2, 0.25) is 15.9 Å². The number of aryl methyl sites for hydroxylation is 2. The first kappa shape index (κ1) is 20.3. The summed E-state index contributed by atoms with van der Waals surface area (Å²) in [5, 5.41) is 3.25. The van der Waals surface area contributed by atoms with Crippen LogP contribution in [0.5, 0.6) is 0 Å². The molecule has 0 saturated carbocycles. The van der Waals surface area contributed by atoms with E-state index in [-0.39, 0.29) is 18.5 Å². The highest BCUT2D eigenvalue weighted by Gasteiger charge is 2.22.